The van der Waals surface area contributed by atoms with E-state index in [9.17, 15) is 97.0 Å². The monoisotopic (exact) mass is 1370 g/mol. The quantitative estimate of drug-likeness (QED) is 0.0388. The Hall–Kier alpha value is -1.99. The molecule has 19 N–H and O–H groups in total. The lowest BCUT2D eigenvalue weighted by atomic mass is 9.33. The molecular weight excluding hydrogens is 1270 g/mol. The summed E-state index contributed by atoms with van der Waals surface area (Å²) < 4.78 is 71.5. The number of rotatable bonds is 16. The van der Waals surface area contributed by atoms with Crippen LogP contribution >= 0.6 is 0 Å². The van der Waals surface area contributed by atoms with Crippen LogP contribution in [0.3, 0.4) is 0 Å². The van der Waals surface area contributed by atoms with Crippen LogP contribution in [0.5, 0.6) is 0 Å². The summed E-state index contributed by atoms with van der Waals surface area (Å²) in [5.74, 6) is -2.18. The Morgan fingerprint density at radius 3 is 1.76 bits per heavy atom. The zero-order valence-electron chi connectivity index (χ0n) is 54.4. The molecule has 0 unspecified atom stereocenters. The van der Waals surface area contributed by atoms with E-state index >= 15 is 4.79 Å². The number of aliphatic hydroxyl groups excluding tert-OH is 18. The van der Waals surface area contributed by atoms with Crippen LogP contribution in [-0.4, -0.2) is 327 Å². The van der Waals surface area contributed by atoms with Crippen LogP contribution in [0, 0.1) is 50.2 Å². The zero-order valence-corrected chi connectivity index (χ0v) is 54.4. The molecular formula is C63H102O32. The number of aliphatic hydroxyl groups is 19. The van der Waals surface area contributed by atoms with Crippen LogP contribution in [0.15, 0.2) is 11.6 Å². The van der Waals surface area contributed by atoms with Crippen LogP contribution in [0.25, 0.3) is 0 Å². The smallest absolute Gasteiger partial charge is 0.317 e. The zero-order chi connectivity index (χ0) is 69.4. The minimum Gasteiger partial charge on any atom is -0.432 e. The molecule has 6 heterocycles. The lowest BCUT2D eigenvalue weighted by Crippen LogP contribution is -2.71. The first-order valence-electron chi connectivity index (χ1n) is 33.2. The van der Waals surface area contributed by atoms with Crippen molar-refractivity contribution in [1.82, 2.24) is 0 Å². The van der Waals surface area contributed by atoms with Crippen molar-refractivity contribution in [3.8, 4) is 0 Å². The van der Waals surface area contributed by atoms with Crippen molar-refractivity contribution in [1.29, 1.82) is 0 Å². The first kappa shape index (κ1) is 74.2. The highest BCUT2D eigenvalue weighted by Crippen LogP contribution is 2.76. The maximum atomic E-state index is 15.7. The normalized spacial score (nSPS) is 55.5. The first-order chi connectivity index (χ1) is 44.5. The standard InChI is InChI=1S/C63H102O32/c1-24-44(90-50-40(77)35(72)28(69)19-84-50)46(92-55-48(81)62(83,22-67)23-86-55)43(80)52(87-24)93-47-36(73)29(70)20-85-54(47)95-56(82)63-13-12-57(2,3)14-26(63)25-8-9-33-58(4)15-27(68)49(59(5,21-66)32(58)10-11-60(33,6)61(25,7)16-34(63)71)94-53-42(79)45(38(75)31(18-65)89-53)91-51-41(78)39(76)37(74)30(17-64)88-51/h8,24,26-55,64-81,83H,9-23H2,1-7H3/t24-,26-,27-,28+,29-,30+,31+,32+,33+,34+,35-,36-,37+,38+,39-,40+,41+,42+,43+,44-,45-,46-,47+,48-,49-,50-,51-,52-,53-,54-,55-,58-,59-,60+,61+,62+,63+/m0/s1. The summed E-state index contributed by atoms with van der Waals surface area (Å²) in [6, 6.07) is 0. The van der Waals surface area contributed by atoms with Crippen molar-refractivity contribution in [2.75, 3.05) is 46.2 Å². The number of carbonyl (C=O) groups excluding carboxylic acids is 1. The molecule has 5 aliphatic carbocycles. The molecule has 0 spiro atoms. The lowest BCUT2D eigenvalue weighted by Gasteiger charge is -2.72. The Balaban J connectivity index is 0.838. The topological polar surface area (TPSA) is 512 Å². The summed E-state index contributed by atoms with van der Waals surface area (Å²) in [5, 5.41) is 210. The van der Waals surface area contributed by atoms with Gasteiger partial charge in [0.05, 0.1) is 70.7 Å². The summed E-state index contributed by atoms with van der Waals surface area (Å²) in [4.78, 5) is 15.7. The van der Waals surface area contributed by atoms with Crippen molar-refractivity contribution in [2.24, 2.45) is 50.2 Å². The molecule has 6 saturated heterocycles. The van der Waals surface area contributed by atoms with Crippen molar-refractivity contribution in [3.05, 3.63) is 11.6 Å². The van der Waals surface area contributed by atoms with E-state index in [1.165, 1.54) is 6.92 Å². The summed E-state index contributed by atoms with van der Waals surface area (Å²) in [6.07, 6.45) is -42.7. The third-order valence-corrected chi connectivity index (χ3v) is 24.7. The van der Waals surface area contributed by atoms with Crippen molar-refractivity contribution in [3.63, 3.8) is 0 Å². The summed E-state index contributed by atoms with van der Waals surface area (Å²) >= 11 is 0. The Morgan fingerprint density at radius 2 is 1.12 bits per heavy atom. The molecule has 0 bridgehead atoms. The van der Waals surface area contributed by atoms with Crippen molar-refractivity contribution >= 4 is 5.97 Å². The molecule has 95 heavy (non-hydrogen) atoms. The number of carbonyl (C=O) groups is 1. The van der Waals surface area contributed by atoms with E-state index in [0.717, 1.165) is 5.57 Å². The van der Waals surface area contributed by atoms with Crippen LogP contribution in [0.2, 0.25) is 0 Å². The second-order valence-corrected chi connectivity index (χ2v) is 30.8. The van der Waals surface area contributed by atoms with Gasteiger partial charge in [-0.05, 0) is 97.7 Å². The fourth-order valence-electron chi connectivity index (χ4n) is 18.8. The number of fused-ring (bicyclic) bond motifs is 7. The Morgan fingerprint density at radius 1 is 0.537 bits per heavy atom. The molecule has 37 atom stereocenters. The Bertz CT molecular complexity index is 2700. The molecule has 0 radical (unpaired) electrons. The number of hydrogen-bond acceptors (Lipinski definition) is 32. The Kier molecular flexibility index (Phi) is 21.3. The van der Waals surface area contributed by atoms with Gasteiger partial charge in [-0.25, -0.2) is 0 Å². The summed E-state index contributed by atoms with van der Waals surface area (Å²) in [6.45, 7) is 8.92. The molecule has 32 heteroatoms. The van der Waals surface area contributed by atoms with Gasteiger partial charge in [0.15, 0.2) is 37.6 Å². The van der Waals surface area contributed by atoms with Crippen LogP contribution in [0.4, 0.5) is 0 Å². The van der Waals surface area contributed by atoms with E-state index < -0.39 is 269 Å². The maximum absolute atomic E-state index is 15.7. The molecule has 4 saturated carbocycles. The van der Waals surface area contributed by atoms with Crippen LogP contribution < -0.4 is 0 Å². The van der Waals surface area contributed by atoms with Gasteiger partial charge in [-0.2, -0.15) is 0 Å². The highest BCUT2D eigenvalue weighted by molar-refractivity contribution is 5.80. The van der Waals surface area contributed by atoms with Gasteiger partial charge < -0.3 is 154 Å². The number of ether oxygens (including phenoxy) is 12. The highest BCUT2D eigenvalue weighted by atomic mass is 16.8. The van der Waals surface area contributed by atoms with Gasteiger partial charge in [0.1, 0.15) is 115 Å². The van der Waals surface area contributed by atoms with Gasteiger partial charge in [0.25, 0.3) is 0 Å². The van der Waals surface area contributed by atoms with Crippen molar-refractivity contribution < 1.29 is 159 Å². The van der Waals surface area contributed by atoms with E-state index in [-0.39, 0.29) is 30.6 Å². The van der Waals surface area contributed by atoms with Crippen molar-refractivity contribution in [2.45, 2.75) is 277 Å². The third-order valence-electron chi connectivity index (χ3n) is 24.7. The van der Waals surface area contributed by atoms with E-state index in [1.54, 1.807) is 6.92 Å². The molecule has 546 valence electrons. The lowest BCUT2D eigenvalue weighted by molar-refractivity contribution is -0.381. The second kappa shape index (κ2) is 27.3. The molecule has 11 rings (SSSR count). The minimum absolute atomic E-state index is 0.0559. The largest absolute Gasteiger partial charge is 0.432 e. The molecule has 0 aromatic heterocycles. The number of hydrogen-bond donors (Lipinski definition) is 19. The summed E-state index contributed by atoms with van der Waals surface area (Å²) in [5.41, 5.74) is -6.82. The molecule has 0 aromatic carbocycles. The Labute approximate surface area is 548 Å². The average molecular weight is 1370 g/mol. The fourth-order valence-corrected chi connectivity index (χ4v) is 18.8. The second-order valence-electron chi connectivity index (χ2n) is 30.8. The molecule has 11 aliphatic rings. The van der Waals surface area contributed by atoms with Gasteiger partial charge in [0.2, 0.25) is 6.29 Å². The summed E-state index contributed by atoms with van der Waals surface area (Å²) in [7, 11) is 0. The van der Waals surface area contributed by atoms with Crippen LogP contribution in [-0.2, 0) is 61.6 Å². The third kappa shape index (κ3) is 12.3. The van der Waals surface area contributed by atoms with Gasteiger partial charge in [0, 0.05) is 5.41 Å². The molecule has 32 nitrogen and oxygen atoms in total. The molecule has 0 aromatic rings. The van der Waals surface area contributed by atoms with E-state index in [2.05, 4.69) is 40.7 Å². The van der Waals surface area contributed by atoms with Crippen LogP contribution in [0.1, 0.15) is 99.8 Å². The fraction of sp³-hybridized carbons (Fsp3) is 0.952. The van der Waals surface area contributed by atoms with E-state index in [1.807, 2.05) is 0 Å². The number of esters is 1. The predicted molar refractivity (Wildman–Crippen MR) is 313 cm³/mol. The van der Waals surface area contributed by atoms with Gasteiger partial charge in [-0.3, -0.25) is 4.79 Å². The van der Waals surface area contributed by atoms with Gasteiger partial charge in [-0.15, -0.1) is 0 Å². The van der Waals surface area contributed by atoms with E-state index in [0.29, 0.717) is 32.1 Å². The minimum atomic E-state index is -2.20. The first-order valence-corrected chi connectivity index (χ1v) is 33.2. The predicted octanol–water partition coefficient (Wildman–Crippen LogP) is -6.53. The average Bonchev–Trinajstić information content (AvgIpc) is 0.835. The molecule has 0 amide bonds. The maximum Gasteiger partial charge on any atom is 0.317 e. The SMILES string of the molecule is C[C@@H]1O[C@@H](O[C@H]2[C@H](OC(=O)[C@]34CCC(C)(C)C[C@H]3C3=CC[C@@H]5[C@@]6(C)C[C@H](O)[C@H](O[C@@H]7O[C@H](CO)[C@@H](O)[C@H](O[C@@H]8O[C@H](CO)[C@@H](O)[C@H](O)[C@H]8O)[C@H]7O)[C@@](C)(CO)[C@@H]6CC[C@@]5(C)[C@]3(C)C[C@H]4O)OC[C@H](O)[C@@H]2O)[C@H](O)[C@H](O[C@@H]2OC[C@](O)(CO)[C@H]2O)[C@H]1O[C@@H]1OC[C@@H](O)[C@H](O)[C@H]1O. The highest BCUT2D eigenvalue weighted by Gasteiger charge is 2.74. The molecule has 10 fully saturated rings. The van der Waals surface area contributed by atoms with E-state index in [4.69, 9.17) is 56.8 Å². The number of allylic oxidation sites excluding steroid dienone is 2. The molecule has 6 aliphatic heterocycles. The van der Waals surface area contributed by atoms with Gasteiger partial charge >= 0.3 is 5.97 Å². The van der Waals surface area contributed by atoms with Gasteiger partial charge in [-0.1, -0.05) is 53.2 Å².